The van der Waals surface area contributed by atoms with Crippen molar-refractivity contribution in [3.05, 3.63) is 83.5 Å². The number of carbonyl (C=O) groups excluding carboxylic acids is 1. The van der Waals surface area contributed by atoms with Gasteiger partial charge in [0.25, 0.3) is 5.91 Å². The lowest BCUT2D eigenvalue weighted by molar-refractivity contribution is 0.0951. The second-order valence-corrected chi connectivity index (χ2v) is 7.33. The third-order valence-corrected chi connectivity index (χ3v) is 4.48. The van der Waals surface area contributed by atoms with E-state index in [9.17, 15) is 9.18 Å². The molecule has 0 fully saturated rings. The second kappa shape index (κ2) is 9.98. The zero-order valence-corrected chi connectivity index (χ0v) is 17.5. The lowest BCUT2D eigenvalue weighted by Gasteiger charge is -2.12. The van der Waals surface area contributed by atoms with Gasteiger partial charge in [-0.15, -0.1) is 0 Å². The Morgan fingerprint density at radius 2 is 1.93 bits per heavy atom. The van der Waals surface area contributed by atoms with Gasteiger partial charge in [-0.05, 0) is 88.1 Å². The number of ether oxygens (including phenoxy) is 1. The minimum atomic E-state index is -0.271. The number of allylic oxidation sites excluding steroid dienone is 5. The first-order chi connectivity index (χ1) is 14.4. The van der Waals surface area contributed by atoms with Crippen molar-refractivity contribution >= 4 is 5.91 Å². The highest BCUT2D eigenvalue weighted by Gasteiger charge is 2.10. The predicted molar refractivity (Wildman–Crippen MR) is 117 cm³/mol. The van der Waals surface area contributed by atoms with E-state index < -0.39 is 0 Å². The molecule has 0 unspecified atom stereocenters. The highest BCUT2D eigenvalue weighted by Crippen LogP contribution is 2.24. The molecule has 1 heterocycles. The third-order valence-electron chi connectivity index (χ3n) is 4.48. The molecule has 0 saturated heterocycles. The fourth-order valence-electron chi connectivity index (χ4n) is 2.93. The topological polar surface area (TPSA) is 54.5 Å². The van der Waals surface area contributed by atoms with E-state index in [1.54, 1.807) is 18.2 Å². The summed E-state index contributed by atoms with van der Waals surface area (Å²) in [5, 5.41) is 2.93. The van der Waals surface area contributed by atoms with Crippen LogP contribution in [0.25, 0.3) is 11.3 Å². The number of hydrogen-bond acceptors (Lipinski definition) is 4. The van der Waals surface area contributed by atoms with Gasteiger partial charge in [0.05, 0.1) is 5.69 Å². The summed E-state index contributed by atoms with van der Waals surface area (Å²) in [6.45, 7) is 3.23. The van der Waals surface area contributed by atoms with Crippen LogP contribution in [0.4, 0.5) is 4.39 Å². The molecule has 5 nitrogen and oxygen atoms in total. The first-order valence-corrected chi connectivity index (χ1v) is 9.84. The minimum absolute atomic E-state index is 0.114. The van der Waals surface area contributed by atoms with Crippen LogP contribution >= 0.6 is 0 Å². The Kier molecular flexibility index (Phi) is 7.14. The molecule has 0 atom stereocenters. The zero-order chi connectivity index (χ0) is 21.5. The first-order valence-electron chi connectivity index (χ1n) is 9.84. The Hall–Kier alpha value is -3.25. The monoisotopic (exact) mass is 407 g/mol. The van der Waals surface area contributed by atoms with E-state index in [2.05, 4.69) is 10.3 Å². The number of rotatable bonds is 7. The molecule has 1 aromatic heterocycles. The molecule has 3 rings (SSSR count). The van der Waals surface area contributed by atoms with Crippen LogP contribution in [0.5, 0.6) is 5.75 Å². The number of amides is 1. The summed E-state index contributed by atoms with van der Waals surface area (Å²) in [7, 11) is 3.93. The Labute approximate surface area is 176 Å². The van der Waals surface area contributed by atoms with E-state index in [1.165, 1.54) is 12.2 Å². The van der Waals surface area contributed by atoms with Gasteiger partial charge in [-0.2, -0.15) is 0 Å². The van der Waals surface area contributed by atoms with E-state index in [0.29, 0.717) is 30.0 Å². The number of benzene rings is 1. The maximum absolute atomic E-state index is 13.3. The molecule has 0 aliphatic heterocycles. The van der Waals surface area contributed by atoms with Gasteiger partial charge in [0.2, 0.25) is 0 Å². The van der Waals surface area contributed by atoms with Crippen LogP contribution in [0.2, 0.25) is 0 Å². The lowest BCUT2D eigenvalue weighted by atomic mass is 10.1. The molecule has 30 heavy (non-hydrogen) atoms. The summed E-state index contributed by atoms with van der Waals surface area (Å²) >= 11 is 0. The van der Waals surface area contributed by atoms with Gasteiger partial charge in [0.1, 0.15) is 17.3 Å². The number of aryl methyl sites for hydroxylation is 1. The fraction of sp³-hybridized carbons (Fsp3) is 0.250. The first kappa shape index (κ1) is 21.5. The molecule has 156 valence electrons. The van der Waals surface area contributed by atoms with Gasteiger partial charge in [0, 0.05) is 29.9 Å². The molecule has 1 aromatic carbocycles. The van der Waals surface area contributed by atoms with Crippen LogP contribution in [0.3, 0.4) is 0 Å². The average molecular weight is 407 g/mol. The van der Waals surface area contributed by atoms with Crippen molar-refractivity contribution in [3.8, 4) is 17.0 Å². The fourth-order valence-corrected chi connectivity index (χ4v) is 2.93. The van der Waals surface area contributed by atoms with Crippen LogP contribution < -0.4 is 10.1 Å². The Bertz CT molecular complexity index is 992. The van der Waals surface area contributed by atoms with E-state index >= 15 is 0 Å². The molecule has 6 heteroatoms. The minimum Gasteiger partial charge on any atom is -0.458 e. The number of nitrogens with one attached hydrogen (secondary N) is 1. The molecule has 0 bridgehead atoms. The number of carbonyl (C=O) groups is 1. The number of aromatic nitrogens is 1. The molecular weight excluding hydrogens is 381 g/mol. The van der Waals surface area contributed by atoms with Crippen molar-refractivity contribution in [1.29, 1.82) is 0 Å². The van der Waals surface area contributed by atoms with E-state index in [0.717, 1.165) is 23.5 Å². The SMILES string of the molecule is Cc1cc(C(=O)NCCN(C)C)cc(-c2ccc(OC3=CCC=C(F)C=C3)cc2)n1. The summed E-state index contributed by atoms with van der Waals surface area (Å²) in [6.07, 6.45) is 6.79. The van der Waals surface area contributed by atoms with Gasteiger partial charge in [-0.25, -0.2) is 4.39 Å². The maximum atomic E-state index is 13.3. The summed E-state index contributed by atoms with van der Waals surface area (Å²) in [5.41, 5.74) is 2.96. The van der Waals surface area contributed by atoms with Gasteiger partial charge >= 0.3 is 0 Å². The van der Waals surface area contributed by atoms with E-state index in [-0.39, 0.29) is 11.7 Å². The smallest absolute Gasteiger partial charge is 0.251 e. The van der Waals surface area contributed by atoms with Crippen molar-refractivity contribution in [2.75, 3.05) is 27.2 Å². The molecule has 0 radical (unpaired) electrons. The molecule has 2 aromatic rings. The molecule has 1 amide bonds. The number of nitrogens with zero attached hydrogens (tertiary/aromatic N) is 2. The molecular formula is C24H26FN3O2. The van der Waals surface area contributed by atoms with Crippen LogP contribution in [0.15, 0.2) is 72.3 Å². The number of halogens is 1. The van der Waals surface area contributed by atoms with Crippen molar-refractivity contribution in [1.82, 2.24) is 15.2 Å². The van der Waals surface area contributed by atoms with Crippen molar-refractivity contribution in [2.24, 2.45) is 0 Å². The van der Waals surface area contributed by atoms with Gasteiger partial charge < -0.3 is 15.0 Å². The van der Waals surface area contributed by atoms with Gasteiger partial charge in [-0.3, -0.25) is 9.78 Å². The molecule has 0 saturated carbocycles. The summed E-state index contributed by atoms with van der Waals surface area (Å²) < 4.78 is 19.1. The highest BCUT2D eigenvalue weighted by molar-refractivity contribution is 5.95. The molecule has 1 aliphatic carbocycles. The lowest BCUT2D eigenvalue weighted by Crippen LogP contribution is -2.31. The molecule has 1 aliphatic rings. The quantitative estimate of drug-likeness (QED) is 0.738. The average Bonchev–Trinajstić information content (AvgIpc) is 2.92. The Balaban J connectivity index is 1.71. The van der Waals surface area contributed by atoms with Crippen LogP contribution in [-0.4, -0.2) is 43.0 Å². The summed E-state index contributed by atoms with van der Waals surface area (Å²) in [6, 6.07) is 11.0. The van der Waals surface area contributed by atoms with Crippen LogP contribution in [0.1, 0.15) is 22.5 Å². The van der Waals surface area contributed by atoms with E-state index in [4.69, 9.17) is 4.74 Å². The van der Waals surface area contributed by atoms with Crippen molar-refractivity contribution in [3.63, 3.8) is 0 Å². The summed E-state index contributed by atoms with van der Waals surface area (Å²) in [4.78, 5) is 19.0. The van der Waals surface area contributed by atoms with Gasteiger partial charge in [0.15, 0.2) is 0 Å². The zero-order valence-electron chi connectivity index (χ0n) is 17.5. The third kappa shape index (κ3) is 6.12. The normalized spacial score (nSPS) is 13.5. The number of pyridine rings is 1. The number of likely N-dealkylation sites (N-methyl/N-ethyl adjacent to an activating group) is 1. The van der Waals surface area contributed by atoms with Crippen molar-refractivity contribution < 1.29 is 13.9 Å². The predicted octanol–water partition coefficient (Wildman–Crippen LogP) is 4.42. The summed E-state index contributed by atoms with van der Waals surface area (Å²) in [5.74, 6) is 0.854. The molecule has 0 spiro atoms. The Morgan fingerprint density at radius 1 is 1.17 bits per heavy atom. The molecule has 1 N–H and O–H groups in total. The van der Waals surface area contributed by atoms with E-state index in [1.807, 2.05) is 56.3 Å². The highest BCUT2D eigenvalue weighted by atomic mass is 19.1. The van der Waals surface area contributed by atoms with Crippen LogP contribution in [-0.2, 0) is 0 Å². The number of hydrogen-bond donors (Lipinski definition) is 1. The largest absolute Gasteiger partial charge is 0.458 e. The maximum Gasteiger partial charge on any atom is 0.251 e. The van der Waals surface area contributed by atoms with Crippen LogP contribution in [0, 0.1) is 6.92 Å². The second-order valence-electron chi connectivity index (χ2n) is 7.33. The van der Waals surface area contributed by atoms with Gasteiger partial charge in [-0.1, -0.05) is 0 Å². The van der Waals surface area contributed by atoms with Crippen molar-refractivity contribution in [2.45, 2.75) is 13.3 Å². The standard InChI is InChI=1S/C24H26FN3O2/c1-17-15-19(24(29)26-13-14-28(2)3)16-23(27-17)18-7-10-22(11-8-18)30-21-6-4-5-20(25)9-12-21/h5-12,15-16H,4,13-14H2,1-3H3,(H,26,29). The Morgan fingerprint density at radius 3 is 2.67 bits per heavy atom.